The Kier molecular flexibility index (Phi) is 6.39. The first kappa shape index (κ1) is 19.5. The van der Waals surface area contributed by atoms with E-state index < -0.39 is 0 Å². The van der Waals surface area contributed by atoms with E-state index in [1.807, 2.05) is 30.3 Å². The van der Waals surface area contributed by atoms with Crippen molar-refractivity contribution in [3.63, 3.8) is 0 Å². The SMILES string of the molecule is CC(C)(C)C(NC(=O)COc1ccc(CC(N)=O)cc1)c1ccccc1. The lowest BCUT2D eigenvalue weighted by Crippen LogP contribution is -2.39. The van der Waals surface area contributed by atoms with Crippen molar-refractivity contribution in [2.24, 2.45) is 11.1 Å². The Morgan fingerprint density at radius 3 is 2.19 bits per heavy atom. The fourth-order valence-corrected chi connectivity index (χ4v) is 2.70. The van der Waals surface area contributed by atoms with Crippen molar-refractivity contribution in [2.45, 2.75) is 33.2 Å². The molecule has 3 N–H and O–H groups in total. The molecule has 2 amide bonds. The summed E-state index contributed by atoms with van der Waals surface area (Å²) in [6.45, 7) is 6.18. The van der Waals surface area contributed by atoms with Crippen LogP contribution in [0, 0.1) is 5.41 Å². The molecule has 0 radical (unpaired) electrons. The molecule has 0 aliphatic rings. The van der Waals surface area contributed by atoms with Crippen molar-refractivity contribution in [1.82, 2.24) is 5.32 Å². The van der Waals surface area contributed by atoms with E-state index in [-0.39, 0.29) is 36.3 Å². The van der Waals surface area contributed by atoms with Crippen molar-refractivity contribution >= 4 is 11.8 Å². The molecule has 26 heavy (non-hydrogen) atoms. The number of benzene rings is 2. The van der Waals surface area contributed by atoms with Crippen LogP contribution >= 0.6 is 0 Å². The average Bonchev–Trinajstić information content (AvgIpc) is 2.58. The number of primary amides is 1. The Labute approximate surface area is 154 Å². The summed E-state index contributed by atoms with van der Waals surface area (Å²) in [5, 5.41) is 3.06. The summed E-state index contributed by atoms with van der Waals surface area (Å²) in [5.74, 6) is 0.00237. The molecule has 0 aromatic heterocycles. The van der Waals surface area contributed by atoms with Gasteiger partial charge < -0.3 is 15.8 Å². The molecule has 1 unspecified atom stereocenters. The van der Waals surface area contributed by atoms with Gasteiger partial charge in [0.15, 0.2) is 6.61 Å². The maximum Gasteiger partial charge on any atom is 0.258 e. The van der Waals surface area contributed by atoms with Gasteiger partial charge in [-0.05, 0) is 28.7 Å². The minimum Gasteiger partial charge on any atom is -0.484 e. The highest BCUT2D eigenvalue weighted by Crippen LogP contribution is 2.32. The van der Waals surface area contributed by atoms with Gasteiger partial charge in [-0.1, -0.05) is 63.2 Å². The monoisotopic (exact) mass is 354 g/mol. The van der Waals surface area contributed by atoms with Gasteiger partial charge in [-0.25, -0.2) is 0 Å². The summed E-state index contributed by atoms with van der Waals surface area (Å²) < 4.78 is 5.55. The lowest BCUT2D eigenvalue weighted by atomic mass is 9.82. The zero-order chi connectivity index (χ0) is 19.2. The van der Waals surface area contributed by atoms with Crippen molar-refractivity contribution in [1.29, 1.82) is 0 Å². The van der Waals surface area contributed by atoms with Crippen LogP contribution in [-0.4, -0.2) is 18.4 Å². The molecule has 138 valence electrons. The van der Waals surface area contributed by atoms with Gasteiger partial charge in [0, 0.05) is 0 Å². The molecule has 5 nitrogen and oxygen atoms in total. The number of rotatable bonds is 7. The number of nitrogens with one attached hydrogen (secondary N) is 1. The second-order valence-corrected chi connectivity index (χ2v) is 7.35. The average molecular weight is 354 g/mol. The topological polar surface area (TPSA) is 81.4 Å². The first-order chi connectivity index (χ1) is 12.3. The molecule has 1 atom stereocenters. The first-order valence-electron chi connectivity index (χ1n) is 8.60. The number of amides is 2. The van der Waals surface area contributed by atoms with Gasteiger partial charge in [0.05, 0.1) is 12.5 Å². The quantitative estimate of drug-likeness (QED) is 0.802. The second-order valence-electron chi connectivity index (χ2n) is 7.35. The summed E-state index contributed by atoms with van der Waals surface area (Å²) in [6.07, 6.45) is 0.186. The molecular formula is C21H26N2O3. The van der Waals surface area contributed by atoms with E-state index in [1.54, 1.807) is 24.3 Å². The number of hydrogen-bond acceptors (Lipinski definition) is 3. The third-order valence-corrected chi connectivity index (χ3v) is 3.98. The second kappa shape index (κ2) is 8.52. The molecule has 0 saturated heterocycles. The van der Waals surface area contributed by atoms with E-state index in [9.17, 15) is 9.59 Å². The summed E-state index contributed by atoms with van der Waals surface area (Å²) in [4.78, 5) is 23.3. The molecule has 5 heteroatoms. The molecule has 0 heterocycles. The Morgan fingerprint density at radius 1 is 1.04 bits per heavy atom. The molecule has 2 rings (SSSR count). The zero-order valence-corrected chi connectivity index (χ0v) is 15.5. The van der Waals surface area contributed by atoms with Gasteiger partial charge >= 0.3 is 0 Å². The Morgan fingerprint density at radius 2 is 1.65 bits per heavy atom. The Hall–Kier alpha value is -2.82. The Bertz CT molecular complexity index is 734. The molecule has 0 aliphatic heterocycles. The highest BCUT2D eigenvalue weighted by Gasteiger charge is 2.27. The minimum absolute atomic E-state index is 0.0748. The van der Waals surface area contributed by atoms with Crippen LogP contribution in [0.1, 0.15) is 37.9 Å². The summed E-state index contributed by atoms with van der Waals surface area (Å²) in [5.41, 5.74) is 6.91. The van der Waals surface area contributed by atoms with Crippen LogP contribution in [0.2, 0.25) is 0 Å². The van der Waals surface area contributed by atoms with Crippen LogP contribution < -0.4 is 15.8 Å². The molecule has 0 bridgehead atoms. The van der Waals surface area contributed by atoms with E-state index in [1.165, 1.54) is 0 Å². The number of ether oxygens (including phenoxy) is 1. The third kappa shape index (κ3) is 5.92. The van der Waals surface area contributed by atoms with Crippen molar-refractivity contribution in [3.8, 4) is 5.75 Å². The lowest BCUT2D eigenvalue weighted by molar-refractivity contribution is -0.124. The zero-order valence-electron chi connectivity index (χ0n) is 15.5. The third-order valence-electron chi connectivity index (χ3n) is 3.98. The number of carbonyl (C=O) groups is 2. The molecule has 0 spiro atoms. The van der Waals surface area contributed by atoms with E-state index in [2.05, 4.69) is 26.1 Å². The molecular weight excluding hydrogens is 328 g/mol. The highest BCUT2D eigenvalue weighted by atomic mass is 16.5. The molecule has 0 saturated carbocycles. The maximum atomic E-state index is 12.4. The lowest BCUT2D eigenvalue weighted by Gasteiger charge is -2.32. The van der Waals surface area contributed by atoms with Crippen LogP contribution in [0.15, 0.2) is 54.6 Å². The minimum atomic E-state index is -0.382. The largest absolute Gasteiger partial charge is 0.484 e. The molecule has 0 fully saturated rings. The van der Waals surface area contributed by atoms with Gasteiger partial charge in [-0.3, -0.25) is 9.59 Å². The highest BCUT2D eigenvalue weighted by molar-refractivity contribution is 5.78. The number of hydrogen-bond donors (Lipinski definition) is 2. The Balaban J connectivity index is 1.95. The summed E-state index contributed by atoms with van der Waals surface area (Å²) >= 11 is 0. The molecule has 2 aromatic rings. The first-order valence-corrected chi connectivity index (χ1v) is 8.60. The van der Waals surface area contributed by atoms with Gasteiger partial charge in [-0.2, -0.15) is 0 Å². The van der Waals surface area contributed by atoms with Crippen LogP contribution in [0.4, 0.5) is 0 Å². The summed E-state index contributed by atoms with van der Waals surface area (Å²) in [6, 6.07) is 16.8. The van der Waals surface area contributed by atoms with Crippen LogP contribution in [0.5, 0.6) is 5.75 Å². The van der Waals surface area contributed by atoms with Gasteiger partial charge in [-0.15, -0.1) is 0 Å². The van der Waals surface area contributed by atoms with Crippen molar-refractivity contribution in [2.75, 3.05) is 6.61 Å². The number of carbonyl (C=O) groups excluding carboxylic acids is 2. The standard InChI is InChI=1S/C21H26N2O3/c1-21(2,3)20(16-7-5-4-6-8-16)23-19(25)14-26-17-11-9-15(10-12-17)13-18(22)24/h4-12,20H,13-14H2,1-3H3,(H2,22,24)(H,23,25). The van der Waals surface area contributed by atoms with E-state index in [4.69, 9.17) is 10.5 Å². The fraction of sp³-hybridized carbons (Fsp3) is 0.333. The van der Waals surface area contributed by atoms with E-state index in [0.29, 0.717) is 5.75 Å². The predicted octanol–water partition coefficient (Wildman–Crippen LogP) is 3.00. The molecule has 2 aromatic carbocycles. The van der Waals surface area contributed by atoms with Crippen LogP contribution in [0.25, 0.3) is 0 Å². The fourth-order valence-electron chi connectivity index (χ4n) is 2.70. The van der Waals surface area contributed by atoms with Gasteiger partial charge in [0.25, 0.3) is 5.91 Å². The predicted molar refractivity (Wildman–Crippen MR) is 102 cm³/mol. The van der Waals surface area contributed by atoms with Crippen LogP contribution in [-0.2, 0) is 16.0 Å². The van der Waals surface area contributed by atoms with Crippen molar-refractivity contribution in [3.05, 3.63) is 65.7 Å². The van der Waals surface area contributed by atoms with Crippen LogP contribution in [0.3, 0.4) is 0 Å². The molecule has 0 aliphatic carbocycles. The number of nitrogens with two attached hydrogens (primary N) is 1. The van der Waals surface area contributed by atoms with E-state index in [0.717, 1.165) is 11.1 Å². The smallest absolute Gasteiger partial charge is 0.258 e. The van der Waals surface area contributed by atoms with Gasteiger partial charge in [0.2, 0.25) is 5.91 Å². The van der Waals surface area contributed by atoms with Gasteiger partial charge in [0.1, 0.15) is 5.75 Å². The summed E-state index contributed by atoms with van der Waals surface area (Å²) in [7, 11) is 0. The van der Waals surface area contributed by atoms with Crippen molar-refractivity contribution < 1.29 is 14.3 Å². The normalized spacial score (nSPS) is 12.3. The van der Waals surface area contributed by atoms with E-state index >= 15 is 0 Å². The maximum absolute atomic E-state index is 12.4.